The Bertz CT molecular complexity index is 733. The van der Waals surface area contributed by atoms with Gasteiger partial charge in [0.15, 0.2) is 5.96 Å². The molecular weight excluding hydrogens is 503 g/mol. The van der Waals surface area contributed by atoms with E-state index < -0.39 is 10.0 Å². The average Bonchev–Trinajstić information content (AvgIpc) is 2.70. The molecule has 1 saturated heterocycles. The van der Waals surface area contributed by atoms with Crippen molar-refractivity contribution in [3.8, 4) is 0 Å². The molecule has 1 heterocycles. The topological polar surface area (TPSA) is 74.2 Å². The van der Waals surface area contributed by atoms with Gasteiger partial charge in [-0.3, -0.25) is 0 Å². The summed E-state index contributed by atoms with van der Waals surface area (Å²) in [4.78, 5) is 7.19. The van der Waals surface area contributed by atoms with Crippen molar-refractivity contribution in [2.45, 2.75) is 37.6 Å². The first-order valence-electron chi connectivity index (χ1n) is 9.93. The molecule has 0 radical (unpaired) electrons. The molecule has 1 aromatic rings. The van der Waals surface area contributed by atoms with Gasteiger partial charge in [-0.25, -0.2) is 17.7 Å². The van der Waals surface area contributed by atoms with Gasteiger partial charge in [-0.1, -0.05) is 12.1 Å². The smallest absolute Gasteiger partial charge is 0.242 e. The van der Waals surface area contributed by atoms with E-state index in [4.69, 9.17) is 9.73 Å². The molecule has 1 aliphatic heterocycles. The minimum atomic E-state index is -3.40. The summed E-state index contributed by atoms with van der Waals surface area (Å²) in [5.74, 6) is 1.60. The summed E-state index contributed by atoms with van der Waals surface area (Å²) in [6.07, 6.45) is 3.43. The van der Waals surface area contributed by atoms with E-state index in [0.29, 0.717) is 11.4 Å². The average molecular weight is 538 g/mol. The number of benzene rings is 1. The highest BCUT2D eigenvalue weighted by Gasteiger charge is 2.17. The molecule has 0 spiro atoms. The molecule has 166 valence electrons. The van der Waals surface area contributed by atoms with Gasteiger partial charge >= 0.3 is 0 Å². The van der Waals surface area contributed by atoms with Gasteiger partial charge in [0.05, 0.1) is 11.4 Å². The number of aliphatic imine (C=N–C) groups is 1. The van der Waals surface area contributed by atoms with Crippen molar-refractivity contribution in [3.05, 3.63) is 29.8 Å². The fourth-order valence-corrected chi connectivity index (χ4v) is 4.03. The number of nitrogens with zero attached hydrogens (tertiary/aromatic N) is 3. The van der Waals surface area contributed by atoms with Crippen molar-refractivity contribution in [1.82, 2.24) is 14.5 Å². The van der Waals surface area contributed by atoms with Crippen LogP contribution in [0.15, 0.2) is 34.2 Å². The molecule has 1 aromatic carbocycles. The quantitative estimate of drug-likeness (QED) is 0.313. The van der Waals surface area contributed by atoms with Gasteiger partial charge in [0, 0.05) is 47.4 Å². The van der Waals surface area contributed by atoms with Crippen molar-refractivity contribution in [2.75, 3.05) is 47.4 Å². The summed E-state index contributed by atoms with van der Waals surface area (Å²) >= 11 is 0. The number of hydrogen-bond acceptors (Lipinski definition) is 4. The number of halogens is 1. The minimum absolute atomic E-state index is 0. The minimum Gasteiger partial charge on any atom is -0.381 e. The van der Waals surface area contributed by atoms with Crippen LogP contribution in [0.25, 0.3) is 0 Å². The van der Waals surface area contributed by atoms with Crippen molar-refractivity contribution >= 4 is 40.0 Å². The van der Waals surface area contributed by atoms with Gasteiger partial charge in [0.1, 0.15) is 0 Å². The maximum atomic E-state index is 12.2. The summed E-state index contributed by atoms with van der Waals surface area (Å²) in [6, 6.07) is 6.93. The predicted octanol–water partition coefficient (Wildman–Crippen LogP) is 2.77. The summed E-state index contributed by atoms with van der Waals surface area (Å²) < 4.78 is 31.0. The van der Waals surface area contributed by atoms with Crippen LogP contribution in [-0.4, -0.2) is 71.0 Å². The van der Waals surface area contributed by atoms with Crippen molar-refractivity contribution in [3.63, 3.8) is 0 Å². The Hall–Kier alpha value is -0.910. The van der Waals surface area contributed by atoms with E-state index in [-0.39, 0.29) is 24.0 Å². The third-order valence-electron chi connectivity index (χ3n) is 5.02. The van der Waals surface area contributed by atoms with Gasteiger partial charge in [-0.2, -0.15) is 0 Å². The van der Waals surface area contributed by atoms with E-state index in [2.05, 4.69) is 24.2 Å². The number of nitrogens with one attached hydrogen (secondary N) is 1. The first-order valence-corrected chi connectivity index (χ1v) is 11.4. The summed E-state index contributed by atoms with van der Waals surface area (Å²) in [5, 5.41) is 3.34. The zero-order valence-corrected chi connectivity index (χ0v) is 21.1. The van der Waals surface area contributed by atoms with E-state index in [1.807, 2.05) is 12.1 Å². The zero-order chi connectivity index (χ0) is 20.6. The van der Waals surface area contributed by atoms with E-state index in [0.717, 1.165) is 63.0 Å². The Morgan fingerprint density at radius 2 is 1.79 bits per heavy atom. The maximum Gasteiger partial charge on any atom is 0.242 e. The molecule has 0 amide bonds. The zero-order valence-electron chi connectivity index (χ0n) is 17.9. The van der Waals surface area contributed by atoms with Gasteiger partial charge in [0.25, 0.3) is 0 Å². The normalized spacial score (nSPS) is 15.8. The van der Waals surface area contributed by atoms with Crippen LogP contribution in [0.5, 0.6) is 0 Å². The van der Waals surface area contributed by atoms with Crippen LogP contribution < -0.4 is 5.32 Å². The molecule has 2 rings (SSSR count). The molecule has 1 aliphatic rings. The van der Waals surface area contributed by atoms with Crippen LogP contribution in [0, 0.1) is 5.92 Å². The lowest BCUT2D eigenvalue weighted by atomic mass is 9.96. The van der Waals surface area contributed by atoms with E-state index in [9.17, 15) is 8.42 Å². The third kappa shape index (κ3) is 8.03. The molecule has 0 atom stereocenters. The summed E-state index contributed by atoms with van der Waals surface area (Å²) in [6.45, 7) is 6.08. The number of sulfonamides is 1. The molecule has 0 saturated carbocycles. The molecule has 1 N–H and O–H groups in total. The number of hydrogen-bond donors (Lipinski definition) is 1. The number of rotatable bonds is 8. The van der Waals surface area contributed by atoms with Gasteiger partial charge < -0.3 is 15.0 Å². The molecule has 29 heavy (non-hydrogen) atoms. The SMILES string of the molecule is CCNC(=NCc1ccc(S(=O)(=O)N(C)C)cc1)N(C)CCC1CCOCC1.I. The lowest BCUT2D eigenvalue weighted by molar-refractivity contribution is 0.0625. The highest BCUT2D eigenvalue weighted by molar-refractivity contribution is 14.0. The predicted molar refractivity (Wildman–Crippen MR) is 128 cm³/mol. The molecule has 9 heteroatoms. The van der Waals surface area contributed by atoms with E-state index in [1.165, 1.54) is 18.4 Å². The number of guanidine groups is 1. The van der Waals surface area contributed by atoms with Crippen LogP contribution in [-0.2, 0) is 21.3 Å². The molecule has 0 aromatic heterocycles. The summed E-state index contributed by atoms with van der Waals surface area (Å²) in [5.41, 5.74) is 0.978. The molecule has 0 aliphatic carbocycles. The van der Waals surface area contributed by atoms with Gasteiger partial charge in [-0.05, 0) is 49.8 Å². The second kappa shape index (κ2) is 12.7. The Morgan fingerprint density at radius 3 is 2.34 bits per heavy atom. The van der Waals surface area contributed by atoms with Crippen LogP contribution in [0.4, 0.5) is 0 Å². The lowest BCUT2D eigenvalue weighted by Crippen LogP contribution is -2.40. The van der Waals surface area contributed by atoms with E-state index >= 15 is 0 Å². The summed E-state index contributed by atoms with van der Waals surface area (Å²) in [7, 11) is 1.73. The molecule has 1 fully saturated rings. The fourth-order valence-electron chi connectivity index (χ4n) is 3.13. The molecular formula is C20H35IN4O3S. The standard InChI is InChI=1S/C20H34N4O3S.HI/c1-5-21-20(24(4)13-10-17-11-14-27-15-12-17)22-16-18-6-8-19(9-7-18)28(25,26)23(2)3;/h6-9,17H,5,10-16H2,1-4H3,(H,21,22);1H. The first-order chi connectivity index (χ1) is 13.3. The highest BCUT2D eigenvalue weighted by Crippen LogP contribution is 2.18. The van der Waals surface area contributed by atoms with Gasteiger partial charge in [0.2, 0.25) is 10.0 Å². The van der Waals surface area contributed by atoms with Crippen LogP contribution in [0.2, 0.25) is 0 Å². The van der Waals surface area contributed by atoms with Crippen LogP contribution in [0.1, 0.15) is 31.7 Å². The number of ether oxygens (including phenoxy) is 1. The monoisotopic (exact) mass is 538 g/mol. The Balaban J connectivity index is 0.00000420. The van der Waals surface area contributed by atoms with Crippen LogP contribution in [0.3, 0.4) is 0 Å². The van der Waals surface area contributed by atoms with Crippen LogP contribution >= 0.6 is 24.0 Å². The van der Waals surface area contributed by atoms with Crippen molar-refractivity contribution in [2.24, 2.45) is 10.9 Å². The third-order valence-corrected chi connectivity index (χ3v) is 6.85. The molecule has 7 nitrogen and oxygen atoms in total. The first kappa shape index (κ1) is 26.1. The van der Waals surface area contributed by atoms with E-state index in [1.54, 1.807) is 12.1 Å². The second-order valence-electron chi connectivity index (χ2n) is 7.37. The largest absolute Gasteiger partial charge is 0.381 e. The Kier molecular flexibility index (Phi) is 11.4. The van der Waals surface area contributed by atoms with Crippen molar-refractivity contribution in [1.29, 1.82) is 0 Å². The fraction of sp³-hybridized carbons (Fsp3) is 0.650. The second-order valence-corrected chi connectivity index (χ2v) is 9.52. The molecule has 0 unspecified atom stereocenters. The molecule has 0 bridgehead atoms. The maximum absolute atomic E-state index is 12.2. The Morgan fingerprint density at radius 1 is 1.17 bits per heavy atom. The lowest BCUT2D eigenvalue weighted by Gasteiger charge is -2.26. The Labute approximate surface area is 193 Å². The highest BCUT2D eigenvalue weighted by atomic mass is 127. The van der Waals surface area contributed by atoms with Gasteiger partial charge in [-0.15, -0.1) is 24.0 Å². The van der Waals surface area contributed by atoms with Crippen molar-refractivity contribution < 1.29 is 13.2 Å².